The first-order valence-electron chi connectivity index (χ1n) is 6.38. The fourth-order valence-corrected chi connectivity index (χ4v) is 2.08. The topological polar surface area (TPSA) is 49.8 Å². The number of benzene rings is 2. The largest absolute Gasteiger partial charge is 0.497 e. The van der Waals surface area contributed by atoms with E-state index in [1.807, 2.05) is 36.2 Å². The SMILES string of the molecule is COc1cccc(N(C)Cc2ccc(F)cc2C(=O)O)c1. The van der Waals surface area contributed by atoms with E-state index >= 15 is 0 Å². The zero-order valence-corrected chi connectivity index (χ0v) is 11.8. The molecule has 0 amide bonds. The van der Waals surface area contributed by atoms with E-state index in [1.165, 1.54) is 12.1 Å². The highest BCUT2D eigenvalue weighted by Gasteiger charge is 2.13. The normalized spacial score (nSPS) is 10.2. The second-order valence-electron chi connectivity index (χ2n) is 4.66. The van der Waals surface area contributed by atoms with Gasteiger partial charge in [0.05, 0.1) is 12.7 Å². The number of nitrogens with zero attached hydrogens (tertiary/aromatic N) is 1. The van der Waals surface area contributed by atoms with Crippen LogP contribution in [0.15, 0.2) is 42.5 Å². The van der Waals surface area contributed by atoms with E-state index in [0.29, 0.717) is 12.1 Å². The minimum absolute atomic E-state index is 0.0234. The van der Waals surface area contributed by atoms with Gasteiger partial charge in [0.15, 0.2) is 0 Å². The Balaban J connectivity index is 2.26. The van der Waals surface area contributed by atoms with Crippen LogP contribution in [0.5, 0.6) is 5.75 Å². The number of ether oxygens (including phenoxy) is 1. The minimum atomic E-state index is -1.14. The van der Waals surface area contributed by atoms with Crippen molar-refractivity contribution in [3.8, 4) is 5.75 Å². The number of rotatable bonds is 5. The molecule has 0 unspecified atom stereocenters. The molecule has 0 aliphatic rings. The van der Waals surface area contributed by atoms with Gasteiger partial charge in [-0.1, -0.05) is 12.1 Å². The lowest BCUT2D eigenvalue weighted by atomic mass is 10.1. The standard InChI is InChI=1S/C16H16FNO3/c1-18(13-4-3-5-14(9-13)21-2)10-11-6-7-12(17)8-15(11)16(19)20/h3-9H,10H2,1-2H3,(H,19,20). The highest BCUT2D eigenvalue weighted by atomic mass is 19.1. The molecular formula is C16H16FNO3. The second-order valence-corrected chi connectivity index (χ2v) is 4.66. The molecule has 2 aromatic rings. The summed E-state index contributed by atoms with van der Waals surface area (Å²) in [6.07, 6.45) is 0. The molecule has 0 saturated heterocycles. The van der Waals surface area contributed by atoms with Gasteiger partial charge < -0.3 is 14.7 Å². The molecule has 0 aromatic heterocycles. The number of carboxylic acid groups (broad SMARTS) is 1. The van der Waals surface area contributed by atoms with Gasteiger partial charge in [0.1, 0.15) is 11.6 Å². The Morgan fingerprint density at radius 3 is 2.71 bits per heavy atom. The molecule has 2 aromatic carbocycles. The quantitative estimate of drug-likeness (QED) is 0.918. The molecule has 0 fully saturated rings. The van der Waals surface area contributed by atoms with Crippen LogP contribution in [0.3, 0.4) is 0 Å². The molecule has 2 rings (SSSR count). The number of halogens is 1. The molecule has 0 bridgehead atoms. The first-order valence-corrected chi connectivity index (χ1v) is 6.38. The van der Waals surface area contributed by atoms with Gasteiger partial charge in [-0.2, -0.15) is 0 Å². The molecule has 4 nitrogen and oxygen atoms in total. The van der Waals surface area contributed by atoms with Crippen molar-refractivity contribution in [2.45, 2.75) is 6.54 Å². The summed E-state index contributed by atoms with van der Waals surface area (Å²) in [5, 5.41) is 9.15. The number of methoxy groups -OCH3 is 1. The molecule has 0 radical (unpaired) electrons. The number of hydrogen-bond donors (Lipinski definition) is 1. The van der Waals surface area contributed by atoms with Crippen molar-refractivity contribution in [3.63, 3.8) is 0 Å². The monoisotopic (exact) mass is 289 g/mol. The van der Waals surface area contributed by atoms with Gasteiger partial charge in [0.2, 0.25) is 0 Å². The number of aromatic carboxylic acids is 1. The second kappa shape index (κ2) is 6.26. The van der Waals surface area contributed by atoms with E-state index in [1.54, 1.807) is 7.11 Å². The summed E-state index contributed by atoms with van der Waals surface area (Å²) in [4.78, 5) is 13.1. The lowest BCUT2D eigenvalue weighted by molar-refractivity contribution is 0.0695. The fraction of sp³-hybridized carbons (Fsp3) is 0.188. The van der Waals surface area contributed by atoms with Gasteiger partial charge >= 0.3 is 5.97 Å². The lowest BCUT2D eigenvalue weighted by Gasteiger charge is -2.21. The first-order chi connectivity index (χ1) is 10.0. The van der Waals surface area contributed by atoms with Crippen LogP contribution in [0.4, 0.5) is 10.1 Å². The third kappa shape index (κ3) is 3.51. The van der Waals surface area contributed by atoms with Gasteiger partial charge in [-0.25, -0.2) is 9.18 Å². The highest BCUT2D eigenvalue weighted by Crippen LogP contribution is 2.22. The maximum atomic E-state index is 13.2. The van der Waals surface area contributed by atoms with E-state index in [0.717, 1.165) is 17.5 Å². The van der Waals surface area contributed by atoms with Crippen LogP contribution in [-0.4, -0.2) is 25.2 Å². The van der Waals surface area contributed by atoms with E-state index in [-0.39, 0.29) is 5.56 Å². The number of carboxylic acids is 1. The minimum Gasteiger partial charge on any atom is -0.497 e. The summed E-state index contributed by atoms with van der Waals surface area (Å²) in [7, 11) is 3.42. The van der Waals surface area contributed by atoms with Crippen molar-refractivity contribution < 1.29 is 19.0 Å². The number of hydrogen-bond acceptors (Lipinski definition) is 3. The zero-order chi connectivity index (χ0) is 15.4. The summed E-state index contributed by atoms with van der Waals surface area (Å²) >= 11 is 0. The summed E-state index contributed by atoms with van der Waals surface area (Å²) in [6, 6.07) is 11.2. The molecule has 5 heteroatoms. The van der Waals surface area contributed by atoms with Crippen LogP contribution >= 0.6 is 0 Å². The molecule has 110 valence electrons. The van der Waals surface area contributed by atoms with Crippen molar-refractivity contribution in [2.75, 3.05) is 19.1 Å². The summed E-state index contributed by atoms with van der Waals surface area (Å²) < 4.78 is 18.3. The predicted molar refractivity (Wildman–Crippen MR) is 78.5 cm³/mol. The van der Waals surface area contributed by atoms with Gasteiger partial charge in [0.25, 0.3) is 0 Å². The third-order valence-electron chi connectivity index (χ3n) is 3.20. The molecule has 0 aliphatic carbocycles. The summed E-state index contributed by atoms with van der Waals surface area (Å²) in [5.74, 6) is -0.972. The van der Waals surface area contributed by atoms with Gasteiger partial charge in [-0.3, -0.25) is 0 Å². The Hall–Kier alpha value is -2.56. The van der Waals surface area contributed by atoms with E-state index in [2.05, 4.69) is 0 Å². The lowest BCUT2D eigenvalue weighted by Crippen LogP contribution is -2.18. The molecule has 0 atom stereocenters. The maximum Gasteiger partial charge on any atom is 0.336 e. The number of carbonyl (C=O) groups is 1. The third-order valence-corrected chi connectivity index (χ3v) is 3.20. The smallest absolute Gasteiger partial charge is 0.336 e. The molecule has 0 saturated carbocycles. The summed E-state index contributed by atoms with van der Waals surface area (Å²) in [6.45, 7) is 0.356. The van der Waals surface area contributed by atoms with E-state index in [9.17, 15) is 9.18 Å². The van der Waals surface area contributed by atoms with Crippen molar-refractivity contribution in [3.05, 3.63) is 59.4 Å². The van der Waals surface area contributed by atoms with Crippen LogP contribution in [-0.2, 0) is 6.54 Å². The van der Waals surface area contributed by atoms with Crippen LogP contribution in [0.25, 0.3) is 0 Å². The molecule has 0 heterocycles. The van der Waals surface area contributed by atoms with Crippen LogP contribution in [0, 0.1) is 5.82 Å². The van der Waals surface area contributed by atoms with Crippen LogP contribution in [0.2, 0.25) is 0 Å². The molecule has 1 N–H and O–H groups in total. The fourth-order valence-electron chi connectivity index (χ4n) is 2.08. The van der Waals surface area contributed by atoms with Crippen molar-refractivity contribution in [1.29, 1.82) is 0 Å². The van der Waals surface area contributed by atoms with Crippen LogP contribution in [0.1, 0.15) is 15.9 Å². The Morgan fingerprint density at radius 1 is 1.29 bits per heavy atom. The predicted octanol–water partition coefficient (Wildman–Crippen LogP) is 3.17. The average Bonchev–Trinajstić information content (AvgIpc) is 2.48. The van der Waals surface area contributed by atoms with E-state index < -0.39 is 11.8 Å². The Bertz CT molecular complexity index is 658. The van der Waals surface area contributed by atoms with Crippen molar-refractivity contribution in [2.24, 2.45) is 0 Å². The van der Waals surface area contributed by atoms with Gasteiger partial charge in [-0.15, -0.1) is 0 Å². The molecule has 0 aliphatic heterocycles. The zero-order valence-electron chi connectivity index (χ0n) is 11.8. The van der Waals surface area contributed by atoms with Gasteiger partial charge in [0, 0.05) is 25.3 Å². The Morgan fingerprint density at radius 2 is 2.05 bits per heavy atom. The Kier molecular flexibility index (Phi) is 4.42. The highest BCUT2D eigenvalue weighted by molar-refractivity contribution is 5.89. The maximum absolute atomic E-state index is 13.2. The summed E-state index contributed by atoms with van der Waals surface area (Å²) in [5.41, 5.74) is 1.41. The number of anilines is 1. The molecular weight excluding hydrogens is 273 g/mol. The molecule has 0 spiro atoms. The first kappa shape index (κ1) is 14.8. The Labute approximate surface area is 122 Å². The van der Waals surface area contributed by atoms with E-state index in [4.69, 9.17) is 9.84 Å². The molecule has 21 heavy (non-hydrogen) atoms. The van der Waals surface area contributed by atoms with Crippen molar-refractivity contribution in [1.82, 2.24) is 0 Å². The van der Waals surface area contributed by atoms with Crippen molar-refractivity contribution >= 4 is 11.7 Å². The van der Waals surface area contributed by atoms with Crippen LogP contribution < -0.4 is 9.64 Å². The average molecular weight is 289 g/mol. The van der Waals surface area contributed by atoms with Gasteiger partial charge in [-0.05, 0) is 29.8 Å².